The molecule has 1 aromatic carbocycles. The lowest BCUT2D eigenvalue weighted by atomic mass is 10.2. The molecule has 2 aromatic rings. The molecule has 116 valence electrons. The molecule has 0 unspecified atom stereocenters. The van der Waals surface area contributed by atoms with Crippen molar-refractivity contribution in [3.8, 4) is 0 Å². The normalized spacial score (nSPS) is 11.0. The van der Waals surface area contributed by atoms with Crippen molar-refractivity contribution in [2.24, 2.45) is 0 Å². The molecule has 11 heteroatoms. The maximum absolute atomic E-state index is 12.3. The first-order valence-corrected chi connectivity index (χ1v) is 7.43. The van der Waals surface area contributed by atoms with Gasteiger partial charge in [0.2, 0.25) is 6.39 Å². The quantitative estimate of drug-likeness (QED) is 0.799. The molecule has 9 nitrogen and oxygen atoms in total. The number of nitrogens with one attached hydrogen (secondary N) is 1. The molecule has 0 aliphatic rings. The minimum Gasteiger partial charge on any atom is -0.465 e. The first-order valence-electron chi connectivity index (χ1n) is 5.57. The number of nitrogens with zero attached hydrogens (tertiary/aromatic N) is 2. The van der Waals surface area contributed by atoms with E-state index in [1.54, 1.807) is 4.72 Å². The molecule has 0 saturated carbocycles. The molecule has 22 heavy (non-hydrogen) atoms. The molecule has 0 spiro atoms. The Bertz CT molecular complexity index is 818. The van der Waals surface area contributed by atoms with Crippen LogP contribution in [-0.4, -0.2) is 37.6 Å². The van der Waals surface area contributed by atoms with Crippen molar-refractivity contribution in [2.45, 2.75) is 4.90 Å². The summed E-state index contributed by atoms with van der Waals surface area (Å²) in [5.41, 5.74) is -0.319. The van der Waals surface area contributed by atoms with Crippen molar-refractivity contribution >= 4 is 33.5 Å². The Labute approximate surface area is 129 Å². The van der Waals surface area contributed by atoms with Crippen LogP contribution in [0.3, 0.4) is 0 Å². The van der Waals surface area contributed by atoms with Gasteiger partial charge in [-0.1, -0.05) is 17.7 Å². The molecule has 1 heterocycles. The Hall–Kier alpha value is -2.46. The summed E-state index contributed by atoms with van der Waals surface area (Å²) < 4.78 is 35.3. The third kappa shape index (κ3) is 3.07. The highest BCUT2D eigenvalue weighted by atomic mass is 35.5. The number of carbonyl (C=O) groups is 2. The van der Waals surface area contributed by atoms with Crippen molar-refractivity contribution in [3.05, 3.63) is 41.1 Å². The molecule has 0 bridgehead atoms. The third-order valence-corrected chi connectivity index (χ3v) is 4.28. The summed E-state index contributed by atoms with van der Waals surface area (Å²) in [6, 6.07) is 3.82. The van der Waals surface area contributed by atoms with Gasteiger partial charge in [0.1, 0.15) is 4.90 Å². The van der Waals surface area contributed by atoms with Gasteiger partial charge in [-0.25, -0.2) is 17.9 Å². The predicted octanol–water partition coefficient (Wildman–Crippen LogP) is 0.628. The van der Waals surface area contributed by atoms with E-state index in [-0.39, 0.29) is 10.6 Å². The average molecular weight is 346 g/mol. The molecule has 0 aliphatic carbocycles. The lowest BCUT2D eigenvalue weighted by Gasteiger charge is -2.10. The fourth-order valence-electron chi connectivity index (χ4n) is 1.54. The molecule has 1 N–H and O–H groups in total. The first-order chi connectivity index (χ1) is 10.4. The maximum atomic E-state index is 12.3. The number of halogens is 1. The lowest BCUT2D eigenvalue weighted by Crippen LogP contribution is -2.32. The van der Waals surface area contributed by atoms with Gasteiger partial charge in [-0.2, -0.15) is 0 Å². The molecule has 0 atom stereocenters. The van der Waals surface area contributed by atoms with Crippen LogP contribution in [0, 0.1) is 0 Å². The fourth-order valence-corrected chi connectivity index (χ4v) is 3.22. The third-order valence-electron chi connectivity index (χ3n) is 2.42. The van der Waals surface area contributed by atoms with Gasteiger partial charge in [0.05, 0.1) is 17.7 Å². The van der Waals surface area contributed by atoms with Crippen LogP contribution < -0.4 is 4.72 Å². The number of hydrogen-bond acceptors (Lipinski definition) is 8. The van der Waals surface area contributed by atoms with Gasteiger partial charge >= 0.3 is 17.8 Å². The average Bonchev–Trinajstić information content (AvgIpc) is 2.99. The van der Waals surface area contributed by atoms with Gasteiger partial charge in [-0.15, -0.1) is 10.2 Å². The van der Waals surface area contributed by atoms with Gasteiger partial charge in [0.25, 0.3) is 10.0 Å². The van der Waals surface area contributed by atoms with Crippen LogP contribution in [-0.2, 0) is 14.8 Å². The van der Waals surface area contributed by atoms with Crippen LogP contribution in [0.1, 0.15) is 21.0 Å². The summed E-state index contributed by atoms with van der Waals surface area (Å²) in [7, 11) is -3.38. The van der Waals surface area contributed by atoms with Crippen molar-refractivity contribution in [2.75, 3.05) is 7.11 Å². The van der Waals surface area contributed by atoms with Gasteiger partial charge in [-0.05, 0) is 12.1 Å². The summed E-state index contributed by atoms with van der Waals surface area (Å²) in [4.78, 5) is 22.8. The Morgan fingerprint density at radius 3 is 2.68 bits per heavy atom. The monoisotopic (exact) mass is 345 g/mol. The van der Waals surface area contributed by atoms with Crippen molar-refractivity contribution in [3.63, 3.8) is 0 Å². The number of aromatic nitrogens is 2. The molecule has 2 rings (SSSR count). The van der Waals surface area contributed by atoms with Crippen LogP contribution in [0.2, 0.25) is 5.02 Å². The zero-order valence-electron chi connectivity index (χ0n) is 10.9. The molecule has 1 aromatic heterocycles. The van der Waals surface area contributed by atoms with E-state index in [1.165, 1.54) is 18.2 Å². The van der Waals surface area contributed by atoms with Crippen molar-refractivity contribution in [1.82, 2.24) is 14.9 Å². The second-order valence-corrected chi connectivity index (χ2v) is 5.81. The van der Waals surface area contributed by atoms with Gasteiger partial charge in [-0.3, -0.25) is 4.79 Å². The van der Waals surface area contributed by atoms with E-state index in [0.29, 0.717) is 0 Å². The zero-order valence-corrected chi connectivity index (χ0v) is 12.5. The smallest absolute Gasteiger partial charge is 0.339 e. The zero-order chi connectivity index (χ0) is 16.3. The molecule has 0 saturated heterocycles. The Morgan fingerprint density at radius 2 is 2.09 bits per heavy atom. The number of hydrogen-bond donors (Lipinski definition) is 1. The van der Waals surface area contributed by atoms with E-state index in [9.17, 15) is 18.0 Å². The summed E-state index contributed by atoms with van der Waals surface area (Å²) in [5.74, 6) is -2.64. The van der Waals surface area contributed by atoms with E-state index >= 15 is 0 Å². The van der Waals surface area contributed by atoms with Crippen molar-refractivity contribution < 1.29 is 27.2 Å². The number of benzene rings is 1. The maximum Gasteiger partial charge on any atom is 0.339 e. The van der Waals surface area contributed by atoms with Crippen LogP contribution in [0.5, 0.6) is 0 Å². The Morgan fingerprint density at radius 1 is 1.36 bits per heavy atom. The number of esters is 1. The van der Waals surface area contributed by atoms with Crippen LogP contribution >= 0.6 is 11.6 Å². The minimum absolute atomic E-state index is 0.256. The summed E-state index contributed by atoms with van der Waals surface area (Å²) in [6.45, 7) is 0. The van der Waals surface area contributed by atoms with Gasteiger partial charge < -0.3 is 9.15 Å². The minimum atomic E-state index is -4.46. The van der Waals surface area contributed by atoms with E-state index in [1.807, 2.05) is 0 Å². The number of ether oxygens (including phenoxy) is 1. The number of amides is 1. The molecular formula is C11H8ClN3O6S. The number of methoxy groups -OCH3 is 1. The number of carbonyl (C=O) groups excluding carboxylic acids is 2. The highest BCUT2D eigenvalue weighted by molar-refractivity contribution is 7.90. The molecular weight excluding hydrogens is 338 g/mol. The van der Waals surface area contributed by atoms with E-state index in [2.05, 4.69) is 19.4 Å². The van der Waals surface area contributed by atoms with E-state index in [0.717, 1.165) is 13.5 Å². The van der Waals surface area contributed by atoms with Gasteiger partial charge in [0, 0.05) is 0 Å². The number of sulfonamides is 1. The lowest BCUT2D eigenvalue weighted by molar-refractivity contribution is 0.0596. The Kier molecular flexibility index (Phi) is 4.43. The summed E-state index contributed by atoms with van der Waals surface area (Å²) in [6.07, 6.45) is 0.858. The predicted molar refractivity (Wildman–Crippen MR) is 71.7 cm³/mol. The fraction of sp³-hybridized carbons (Fsp3) is 0.0909. The largest absolute Gasteiger partial charge is 0.465 e. The van der Waals surface area contributed by atoms with Crippen LogP contribution in [0.25, 0.3) is 0 Å². The highest BCUT2D eigenvalue weighted by Crippen LogP contribution is 2.26. The van der Waals surface area contributed by atoms with Crippen LogP contribution in [0.4, 0.5) is 0 Å². The Balaban J connectivity index is 2.46. The number of rotatable bonds is 4. The molecule has 1 amide bonds. The van der Waals surface area contributed by atoms with Crippen molar-refractivity contribution in [1.29, 1.82) is 0 Å². The highest BCUT2D eigenvalue weighted by Gasteiger charge is 2.29. The standard InChI is InChI=1S/C11H8ClN3O6S/c1-20-11(17)6-3-2-4-7(12)8(6)22(18,19)15-9(16)10-14-13-5-21-10/h2-5H,1H3,(H,15,16). The summed E-state index contributed by atoms with van der Waals surface area (Å²) >= 11 is 5.83. The second kappa shape index (κ2) is 6.12. The molecule has 0 fully saturated rings. The van der Waals surface area contributed by atoms with Crippen LogP contribution in [0.15, 0.2) is 33.9 Å². The second-order valence-electron chi connectivity index (χ2n) is 3.79. The topological polar surface area (TPSA) is 128 Å². The first kappa shape index (κ1) is 15.9. The summed E-state index contributed by atoms with van der Waals surface area (Å²) in [5, 5.41) is 6.27. The molecule has 0 radical (unpaired) electrons. The van der Waals surface area contributed by atoms with E-state index in [4.69, 9.17) is 11.6 Å². The molecule has 0 aliphatic heterocycles. The van der Waals surface area contributed by atoms with Gasteiger partial charge in [0.15, 0.2) is 0 Å². The SMILES string of the molecule is COC(=O)c1cccc(Cl)c1S(=O)(=O)NC(=O)c1nnco1. The van der Waals surface area contributed by atoms with E-state index < -0.39 is 32.7 Å².